The summed E-state index contributed by atoms with van der Waals surface area (Å²) in [5, 5.41) is 3.35. The smallest absolute Gasteiger partial charge is 0.336 e. The lowest BCUT2D eigenvalue weighted by atomic mass is 9.68. The molecule has 0 saturated carbocycles. The molecule has 280 valence electrons. The molecule has 4 rings (SSSR count). The van der Waals surface area contributed by atoms with E-state index in [0.29, 0.717) is 29.7 Å². The van der Waals surface area contributed by atoms with E-state index in [4.69, 9.17) is 38.7 Å². The second-order valence-electron chi connectivity index (χ2n) is 13.1. The standard InChI is InChI=1S/C29H29NO4.C8H10O3.C5H7ClO2/c1-5-15-34-18-23-27(28(32)33-4)25(26-22(30-23)16-29(2,3)17-24(26)31)21-13-11-20(12-14-21)19-9-7-6-8-10-19;1-3-4-11-6-8(10)5-7(2)9;1-4(7)2-5(8)3-6/h1,6-14,25,30H,15-18H2,2-4H3;1H,4-6H2,2H3;2-3H2,1H3. The molecule has 11 heteroatoms. The average Bonchev–Trinajstić information content (AvgIpc) is 3.11. The molecule has 0 aromatic heterocycles. The Morgan fingerprint density at radius 2 is 1.42 bits per heavy atom. The van der Waals surface area contributed by atoms with Crippen LogP contribution < -0.4 is 5.32 Å². The molecule has 1 N–H and O–H groups in total. The van der Waals surface area contributed by atoms with Crippen molar-refractivity contribution in [2.45, 2.75) is 59.3 Å². The molecule has 0 amide bonds. The number of hydrogen-bond acceptors (Lipinski definition) is 10. The Kier molecular flexibility index (Phi) is 18.3. The fraction of sp³-hybridized carbons (Fsp3) is 0.381. The fourth-order valence-electron chi connectivity index (χ4n) is 5.74. The van der Waals surface area contributed by atoms with Crippen molar-refractivity contribution in [3.8, 4) is 35.8 Å². The zero-order valence-corrected chi connectivity index (χ0v) is 31.6. The van der Waals surface area contributed by atoms with E-state index in [1.807, 2.05) is 54.6 Å². The number of dihydropyridines is 1. The summed E-state index contributed by atoms with van der Waals surface area (Å²) in [6, 6.07) is 18.1. The number of hydrogen-bond donors (Lipinski definition) is 1. The van der Waals surface area contributed by atoms with Crippen molar-refractivity contribution < 1.29 is 43.0 Å². The number of allylic oxidation sites excluding steroid dienone is 2. The van der Waals surface area contributed by atoms with Crippen LogP contribution in [0.15, 0.2) is 77.1 Å². The molecule has 1 heterocycles. The van der Waals surface area contributed by atoms with Gasteiger partial charge in [0, 0.05) is 23.6 Å². The summed E-state index contributed by atoms with van der Waals surface area (Å²) in [7, 11) is 1.35. The van der Waals surface area contributed by atoms with E-state index in [-0.39, 0.29) is 79.5 Å². The van der Waals surface area contributed by atoms with Gasteiger partial charge in [-0.05, 0) is 42.4 Å². The maximum atomic E-state index is 13.4. The van der Waals surface area contributed by atoms with Crippen molar-refractivity contribution in [2.75, 3.05) is 39.4 Å². The summed E-state index contributed by atoms with van der Waals surface area (Å²) in [6.45, 7) is 7.17. The van der Waals surface area contributed by atoms with E-state index in [0.717, 1.165) is 22.4 Å². The molecule has 1 unspecified atom stereocenters. The largest absolute Gasteiger partial charge is 0.466 e. The number of terminal acetylenes is 2. The summed E-state index contributed by atoms with van der Waals surface area (Å²) >= 11 is 5.09. The van der Waals surface area contributed by atoms with Gasteiger partial charge in [-0.3, -0.25) is 24.0 Å². The van der Waals surface area contributed by atoms with Gasteiger partial charge < -0.3 is 19.5 Å². The minimum Gasteiger partial charge on any atom is -0.466 e. The first-order valence-corrected chi connectivity index (χ1v) is 17.3. The number of benzene rings is 2. The predicted octanol–water partition coefficient (Wildman–Crippen LogP) is 5.72. The van der Waals surface area contributed by atoms with E-state index in [1.165, 1.54) is 21.0 Å². The minimum absolute atomic E-state index is 0.0243. The van der Waals surface area contributed by atoms with Crippen LogP contribution in [0.5, 0.6) is 0 Å². The third-order valence-electron chi connectivity index (χ3n) is 7.80. The van der Waals surface area contributed by atoms with Crippen LogP contribution in [0.2, 0.25) is 0 Å². The molecule has 0 fully saturated rings. The number of ketones is 5. The van der Waals surface area contributed by atoms with Gasteiger partial charge in [0.25, 0.3) is 0 Å². The van der Waals surface area contributed by atoms with Crippen LogP contribution in [-0.4, -0.2) is 74.3 Å². The molecule has 0 bridgehead atoms. The highest BCUT2D eigenvalue weighted by Gasteiger charge is 2.43. The molecule has 2 aliphatic rings. The highest BCUT2D eigenvalue weighted by atomic mass is 35.5. The van der Waals surface area contributed by atoms with Crippen molar-refractivity contribution in [1.29, 1.82) is 0 Å². The number of rotatable bonds is 14. The maximum absolute atomic E-state index is 13.4. The molecule has 2 aromatic carbocycles. The Bertz CT molecular complexity index is 1790. The Balaban J connectivity index is 0.000000421. The van der Waals surface area contributed by atoms with Gasteiger partial charge in [0.2, 0.25) is 0 Å². The normalized spacial score (nSPS) is 15.5. The van der Waals surface area contributed by atoms with Crippen molar-refractivity contribution in [1.82, 2.24) is 5.32 Å². The van der Waals surface area contributed by atoms with Gasteiger partial charge >= 0.3 is 5.97 Å². The Morgan fingerprint density at radius 3 is 1.94 bits per heavy atom. The van der Waals surface area contributed by atoms with Crippen LogP contribution in [0.1, 0.15) is 64.9 Å². The maximum Gasteiger partial charge on any atom is 0.336 e. The van der Waals surface area contributed by atoms with Gasteiger partial charge in [-0.25, -0.2) is 4.79 Å². The zero-order chi connectivity index (χ0) is 39.6. The van der Waals surface area contributed by atoms with Crippen LogP contribution in [0.3, 0.4) is 0 Å². The monoisotopic (exact) mass is 743 g/mol. The number of carbonyl (C=O) groups is 6. The van der Waals surface area contributed by atoms with Crippen LogP contribution in [-0.2, 0) is 43.0 Å². The first kappa shape index (κ1) is 44.0. The molecule has 0 spiro atoms. The highest BCUT2D eigenvalue weighted by Crippen LogP contribution is 2.47. The van der Waals surface area contributed by atoms with Crippen LogP contribution >= 0.6 is 11.6 Å². The number of esters is 1. The summed E-state index contributed by atoms with van der Waals surface area (Å²) < 4.78 is 15.5. The first-order valence-electron chi connectivity index (χ1n) is 16.8. The SMILES string of the molecule is C#CCOCC(=O)CC(C)=O.C#CCOCC1=C(C(=O)OC)C(c2ccc(-c3ccccc3)cc2)C2=C(CC(C)(C)CC2=O)N1.CC(=O)CC(=O)CCl. The second-order valence-corrected chi connectivity index (χ2v) is 13.4. The molecular formula is C42H46ClNO9. The van der Waals surface area contributed by atoms with Crippen molar-refractivity contribution >= 4 is 46.5 Å². The number of alkyl halides is 1. The third kappa shape index (κ3) is 14.4. The summed E-state index contributed by atoms with van der Waals surface area (Å²) in [5.41, 5.74) is 5.28. The summed E-state index contributed by atoms with van der Waals surface area (Å²) in [5.74, 6) is 2.90. The average molecular weight is 744 g/mol. The molecule has 1 atom stereocenters. The summed E-state index contributed by atoms with van der Waals surface area (Å²) in [6.07, 6.45) is 11.2. The number of carbonyl (C=O) groups excluding carboxylic acids is 6. The lowest BCUT2D eigenvalue weighted by Crippen LogP contribution is -2.40. The Morgan fingerprint density at radius 1 is 0.849 bits per heavy atom. The molecule has 2 aromatic rings. The van der Waals surface area contributed by atoms with E-state index in [9.17, 15) is 28.8 Å². The van der Waals surface area contributed by atoms with Gasteiger partial charge in [0.05, 0.1) is 43.7 Å². The quantitative estimate of drug-likeness (QED) is 0.0840. The van der Waals surface area contributed by atoms with E-state index < -0.39 is 11.9 Å². The van der Waals surface area contributed by atoms with Gasteiger partial charge in [-0.2, -0.15) is 0 Å². The molecule has 53 heavy (non-hydrogen) atoms. The fourth-order valence-corrected chi connectivity index (χ4v) is 5.83. The van der Waals surface area contributed by atoms with Crippen LogP contribution in [0, 0.1) is 30.1 Å². The van der Waals surface area contributed by atoms with Crippen LogP contribution in [0.4, 0.5) is 0 Å². The van der Waals surface area contributed by atoms with Gasteiger partial charge in [-0.15, -0.1) is 24.4 Å². The number of nitrogens with one attached hydrogen (secondary N) is 1. The Labute approximate surface area is 316 Å². The zero-order valence-electron chi connectivity index (χ0n) is 30.8. The number of methoxy groups -OCH3 is 1. The van der Waals surface area contributed by atoms with E-state index >= 15 is 0 Å². The molecule has 10 nitrogen and oxygen atoms in total. The number of ether oxygens (including phenoxy) is 3. The van der Waals surface area contributed by atoms with Gasteiger partial charge in [0.1, 0.15) is 31.4 Å². The third-order valence-corrected chi connectivity index (χ3v) is 8.10. The lowest BCUT2D eigenvalue weighted by Gasteiger charge is -2.39. The summed E-state index contributed by atoms with van der Waals surface area (Å²) in [4.78, 5) is 67.9. The van der Waals surface area contributed by atoms with Crippen LogP contribution in [0.25, 0.3) is 11.1 Å². The van der Waals surface area contributed by atoms with Crippen molar-refractivity contribution in [2.24, 2.45) is 5.41 Å². The van der Waals surface area contributed by atoms with Crippen molar-refractivity contribution in [3.63, 3.8) is 0 Å². The minimum atomic E-state index is -0.540. The van der Waals surface area contributed by atoms with Crippen molar-refractivity contribution in [3.05, 3.63) is 82.7 Å². The first-order chi connectivity index (χ1) is 25.2. The predicted molar refractivity (Wildman–Crippen MR) is 202 cm³/mol. The molecule has 0 saturated heterocycles. The molecule has 1 aliphatic heterocycles. The van der Waals surface area contributed by atoms with Gasteiger partial charge in [0.15, 0.2) is 17.3 Å². The van der Waals surface area contributed by atoms with Gasteiger partial charge in [-0.1, -0.05) is 80.3 Å². The molecule has 1 aliphatic carbocycles. The molecule has 0 radical (unpaired) electrons. The second kappa shape index (κ2) is 22.1. The molecular weight excluding hydrogens is 698 g/mol. The highest BCUT2D eigenvalue weighted by molar-refractivity contribution is 6.29. The topological polar surface area (TPSA) is 142 Å². The number of halogens is 1. The van der Waals surface area contributed by atoms with E-state index in [2.05, 4.69) is 31.0 Å². The Hall–Kier alpha value is -5.13. The number of Topliss-reactive ketones (excluding diaryl/α,β-unsaturated/α-hetero) is 5. The van der Waals surface area contributed by atoms with E-state index in [1.54, 1.807) is 0 Å². The lowest BCUT2D eigenvalue weighted by molar-refractivity contribution is -0.136.